The van der Waals surface area contributed by atoms with Gasteiger partial charge in [0.15, 0.2) is 5.11 Å². The Morgan fingerprint density at radius 2 is 1.86 bits per heavy atom. The third-order valence-electron chi connectivity index (χ3n) is 4.40. The summed E-state index contributed by atoms with van der Waals surface area (Å²) in [5.41, 5.74) is 2.55. The molecule has 6 heteroatoms. The third kappa shape index (κ3) is 4.12. The Balaban J connectivity index is 1.94. The molecular weight excluding hydrogens is 372 g/mol. The first-order valence-electron chi connectivity index (χ1n) is 9.15. The molecule has 2 amide bonds. The number of hydrogen-bond donors (Lipinski definition) is 1. The molecule has 0 bridgehead atoms. The molecule has 2 aromatic carbocycles. The lowest BCUT2D eigenvalue weighted by molar-refractivity contribution is -0.122. The van der Waals surface area contributed by atoms with Crippen molar-refractivity contribution in [2.45, 2.75) is 26.7 Å². The van der Waals surface area contributed by atoms with E-state index in [1.807, 2.05) is 31.2 Å². The van der Waals surface area contributed by atoms with Crippen LogP contribution < -0.4 is 15.0 Å². The van der Waals surface area contributed by atoms with Gasteiger partial charge in [-0.15, -0.1) is 0 Å². The topological polar surface area (TPSA) is 58.6 Å². The maximum absolute atomic E-state index is 13.1. The number of amides is 2. The second kappa shape index (κ2) is 8.35. The van der Waals surface area contributed by atoms with E-state index in [0.29, 0.717) is 24.0 Å². The molecule has 1 saturated heterocycles. The molecule has 144 valence electrons. The Morgan fingerprint density at radius 3 is 2.50 bits per heavy atom. The number of carbonyl (C=O) groups excluding carboxylic acids is 2. The minimum Gasteiger partial charge on any atom is -0.494 e. The van der Waals surface area contributed by atoms with Crippen LogP contribution >= 0.6 is 12.2 Å². The van der Waals surface area contributed by atoms with Crippen LogP contribution in [0.25, 0.3) is 6.08 Å². The van der Waals surface area contributed by atoms with E-state index >= 15 is 0 Å². The molecule has 1 fully saturated rings. The first-order chi connectivity index (χ1) is 13.4. The van der Waals surface area contributed by atoms with Crippen LogP contribution in [0.3, 0.4) is 0 Å². The molecule has 2 aromatic rings. The zero-order chi connectivity index (χ0) is 20.3. The Labute approximate surface area is 170 Å². The van der Waals surface area contributed by atoms with Crippen molar-refractivity contribution in [1.29, 1.82) is 0 Å². The highest BCUT2D eigenvalue weighted by Crippen LogP contribution is 2.26. The number of anilines is 1. The lowest BCUT2D eigenvalue weighted by Gasteiger charge is -2.29. The third-order valence-corrected chi connectivity index (χ3v) is 4.69. The highest BCUT2D eigenvalue weighted by atomic mass is 32.1. The first-order valence-corrected chi connectivity index (χ1v) is 9.55. The van der Waals surface area contributed by atoms with E-state index in [4.69, 9.17) is 17.0 Å². The molecule has 0 spiro atoms. The SMILES string of the molecule is CCOc1cccc(N2C(=O)/C(=C\c3ccc(C(C)C)cc3)C(=O)NC2=S)c1. The van der Waals surface area contributed by atoms with E-state index in [-0.39, 0.29) is 10.7 Å². The minimum absolute atomic E-state index is 0.0349. The molecule has 0 saturated carbocycles. The average molecular weight is 394 g/mol. The van der Waals surface area contributed by atoms with E-state index in [0.717, 1.165) is 5.56 Å². The summed E-state index contributed by atoms with van der Waals surface area (Å²) in [5, 5.41) is 2.65. The van der Waals surface area contributed by atoms with Crippen LogP contribution in [-0.4, -0.2) is 23.5 Å². The van der Waals surface area contributed by atoms with Crippen molar-refractivity contribution in [1.82, 2.24) is 5.32 Å². The van der Waals surface area contributed by atoms with Gasteiger partial charge in [-0.25, -0.2) is 0 Å². The van der Waals surface area contributed by atoms with Crippen molar-refractivity contribution in [2.75, 3.05) is 11.5 Å². The van der Waals surface area contributed by atoms with Gasteiger partial charge < -0.3 is 4.74 Å². The van der Waals surface area contributed by atoms with E-state index in [2.05, 4.69) is 19.2 Å². The van der Waals surface area contributed by atoms with E-state index in [1.54, 1.807) is 30.3 Å². The zero-order valence-electron chi connectivity index (χ0n) is 16.1. The number of benzene rings is 2. The lowest BCUT2D eigenvalue weighted by atomic mass is 10.0. The quantitative estimate of drug-likeness (QED) is 0.472. The molecular formula is C22H22N2O3S. The van der Waals surface area contributed by atoms with Crippen molar-refractivity contribution < 1.29 is 14.3 Å². The molecule has 0 atom stereocenters. The average Bonchev–Trinajstić information content (AvgIpc) is 2.66. The van der Waals surface area contributed by atoms with Crippen LogP contribution in [0.5, 0.6) is 5.75 Å². The second-order valence-electron chi connectivity index (χ2n) is 6.71. The van der Waals surface area contributed by atoms with Crippen molar-refractivity contribution in [3.63, 3.8) is 0 Å². The molecule has 1 N–H and O–H groups in total. The van der Waals surface area contributed by atoms with Crippen molar-refractivity contribution in [2.24, 2.45) is 0 Å². The molecule has 1 aliphatic rings. The van der Waals surface area contributed by atoms with Crippen LogP contribution in [0.15, 0.2) is 54.1 Å². The normalized spacial score (nSPS) is 15.9. The van der Waals surface area contributed by atoms with Crippen LogP contribution in [0.1, 0.15) is 37.8 Å². The van der Waals surface area contributed by atoms with Gasteiger partial charge >= 0.3 is 0 Å². The number of rotatable bonds is 5. The maximum atomic E-state index is 13.1. The predicted molar refractivity (Wildman–Crippen MR) is 114 cm³/mol. The Hall–Kier alpha value is -2.99. The number of hydrogen-bond acceptors (Lipinski definition) is 4. The van der Waals surface area contributed by atoms with Gasteiger partial charge in [0.05, 0.1) is 12.3 Å². The van der Waals surface area contributed by atoms with Gasteiger partial charge in [0.25, 0.3) is 11.8 Å². The number of carbonyl (C=O) groups is 2. The van der Waals surface area contributed by atoms with Crippen LogP contribution in [0.2, 0.25) is 0 Å². The number of thiocarbonyl (C=S) groups is 1. The predicted octanol–water partition coefficient (Wildman–Crippen LogP) is 4.04. The molecule has 5 nitrogen and oxygen atoms in total. The van der Waals surface area contributed by atoms with Gasteiger partial charge in [0.1, 0.15) is 11.3 Å². The monoisotopic (exact) mass is 394 g/mol. The molecule has 0 aromatic heterocycles. The molecule has 1 aliphatic heterocycles. The van der Waals surface area contributed by atoms with Gasteiger partial charge in [-0.3, -0.25) is 19.8 Å². The molecule has 28 heavy (non-hydrogen) atoms. The Morgan fingerprint density at radius 1 is 1.14 bits per heavy atom. The first kappa shape index (κ1) is 19.8. The fourth-order valence-corrected chi connectivity index (χ4v) is 3.20. The summed E-state index contributed by atoms with van der Waals surface area (Å²) in [4.78, 5) is 26.8. The summed E-state index contributed by atoms with van der Waals surface area (Å²) < 4.78 is 5.50. The van der Waals surface area contributed by atoms with Gasteiger partial charge in [-0.2, -0.15) is 0 Å². The van der Waals surface area contributed by atoms with Crippen LogP contribution in [0.4, 0.5) is 5.69 Å². The maximum Gasteiger partial charge on any atom is 0.270 e. The van der Waals surface area contributed by atoms with Crippen molar-refractivity contribution in [3.8, 4) is 5.75 Å². The summed E-state index contributed by atoms with van der Waals surface area (Å²) in [6.07, 6.45) is 1.59. The smallest absolute Gasteiger partial charge is 0.270 e. The Kier molecular flexibility index (Phi) is 5.90. The molecule has 1 heterocycles. The van der Waals surface area contributed by atoms with Crippen LogP contribution in [0, 0.1) is 0 Å². The summed E-state index contributed by atoms with van der Waals surface area (Å²) in [6.45, 7) is 6.62. The largest absolute Gasteiger partial charge is 0.494 e. The van der Waals surface area contributed by atoms with Gasteiger partial charge in [-0.1, -0.05) is 44.2 Å². The number of nitrogens with zero attached hydrogens (tertiary/aromatic N) is 1. The Bertz CT molecular complexity index is 949. The van der Waals surface area contributed by atoms with Gasteiger partial charge in [0, 0.05) is 6.07 Å². The van der Waals surface area contributed by atoms with Crippen molar-refractivity contribution >= 4 is 40.9 Å². The van der Waals surface area contributed by atoms with Gasteiger partial charge in [-0.05, 0) is 54.4 Å². The summed E-state index contributed by atoms with van der Waals surface area (Å²) in [7, 11) is 0. The number of ether oxygens (including phenoxy) is 1. The second-order valence-corrected chi connectivity index (χ2v) is 7.10. The number of nitrogens with one attached hydrogen (secondary N) is 1. The molecule has 0 aliphatic carbocycles. The summed E-state index contributed by atoms with van der Waals surface area (Å²) >= 11 is 5.24. The van der Waals surface area contributed by atoms with E-state index in [1.165, 1.54) is 10.5 Å². The fourth-order valence-electron chi connectivity index (χ4n) is 2.91. The lowest BCUT2D eigenvalue weighted by Crippen LogP contribution is -2.54. The minimum atomic E-state index is -0.500. The summed E-state index contributed by atoms with van der Waals surface area (Å²) in [6, 6.07) is 14.8. The van der Waals surface area contributed by atoms with Gasteiger partial charge in [0.2, 0.25) is 0 Å². The molecule has 0 unspecified atom stereocenters. The zero-order valence-corrected chi connectivity index (χ0v) is 16.9. The highest BCUT2D eigenvalue weighted by Gasteiger charge is 2.34. The van der Waals surface area contributed by atoms with E-state index in [9.17, 15) is 9.59 Å². The van der Waals surface area contributed by atoms with E-state index < -0.39 is 11.8 Å². The van der Waals surface area contributed by atoms with Crippen LogP contribution in [-0.2, 0) is 9.59 Å². The fraction of sp³-hybridized carbons (Fsp3) is 0.227. The molecule has 0 radical (unpaired) electrons. The highest BCUT2D eigenvalue weighted by molar-refractivity contribution is 7.80. The summed E-state index contributed by atoms with van der Waals surface area (Å²) in [5.74, 6) is 0.0737. The standard InChI is InChI=1S/C22H22N2O3S/c1-4-27-18-7-5-6-17(13-18)24-21(26)19(20(25)23-22(24)28)12-15-8-10-16(11-9-15)14(2)3/h5-14H,4H2,1-3H3,(H,23,25,28)/b19-12-. The molecule has 3 rings (SSSR count). The van der Waals surface area contributed by atoms with Crippen molar-refractivity contribution in [3.05, 3.63) is 65.2 Å².